The van der Waals surface area contributed by atoms with Gasteiger partial charge < -0.3 is 20.2 Å². The first kappa shape index (κ1) is 38.4. The van der Waals surface area contributed by atoms with Crippen molar-refractivity contribution in [1.82, 2.24) is 9.97 Å². The quantitative estimate of drug-likeness (QED) is 0.0812. The SMILES string of the molecule is CC(=O)C(=C[N-]c1ccccc1N=C/C(C(C)=O)=C(/C)[O-])C(C)=O.CN(C)c1ccncc1.CN(C)c1ccncc1.[Fe+2]. The minimum atomic E-state index is -0.379. The first-order valence-electron chi connectivity index (χ1n) is 12.9. The third-order valence-corrected chi connectivity index (χ3v) is 5.42. The number of allylic oxidation sites excluding steroid dienone is 3. The van der Waals surface area contributed by atoms with Crippen LogP contribution in [0.2, 0.25) is 0 Å². The molecule has 0 aliphatic rings. The Morgan fingerprint density at radius 2 is 1.19 bits per heavy atom. The molecule has 0 aliphatic carbocycles. The van der Waals surface area contributed by atoms with E-state index >= 15 is 0 Å². The van der Waals surface area contributed by atoms with E-state index in [0.717, 1.165) is 0 Å². The fraction of sp³-hybridized carbons (Fsp3) is 0.250. The van der Waals surface area contributed by atoms with Gasteiger partial charge in [-0.3, -0.25) is 29.3 Å². The van der Waals surface area contributed by atoms with Crippen LogP contribution in [0.1, 0.15) is 27.7 Å². The second-order valence-corrected chi connectivity index (χ2v) is 9.26. The first-order valence-corrected chi connectivity index (χ1v) is 12.9. The summed E-state index contributed by atoms with van der Waals surface area (Å²) >= 11 is 0. The van der Waals surface area contributed by atoms with Gasteiger partial charge in [0.1, 0.15) is 0 Å². The molecule has 1 aromatic carbocycles. The number of hydrogen-bond donors (Lipinski definition) is 0. The van der Waals surface area contributed by atoms with E-state index in [9.17, 15) is 19.5 Å². The van der Waals surface area contributed by atoms with Gasteiger partial charge in [0.2, 0.25) is 0 Å². The topological polar surface area (TPSA) is 133 Å². The van der Waals surface area contributed by atoms with E-state index in [4.69, 9.17) is 0 Å². The summed E-state index contributed by atoms with van der Waals surface area (Å²) in [6.07, 6.45) is 9.54. The van der Waals surface area contributed by atoms with Gasteiger partial charge in [-0.15, -0.1) is 11.4 Å². The molecule has 0 atom stereocenters. The third kappa shape index (κ3) is 14.7. The number of anilines is 2. The van der Waals surface area contributed by atoms with Crippen molar-refractivity contribution in [1.29, 1.82) is 0 Å². The normalized spacial score (nSPS) is 10.3. The summed E-state index contributed by atoms with van der Waals surface area (Å²) in [5, 5.41) is 15.5. The van der Waals surface area contributed by atoms with Crippen LogP contribution < -0.4 is 14.9 Å². The number of hydrogen-bond acceptors (Lipinski definition) is 9. The number of para-hydroxylation sites is 2. The Hall–Kier alpha value is -4.60. The minimum absolute atomic E-state index is 0. The molecular weight excluding hydrogens is 588 g/mol. The number of pyridine rings is 2. The number of benzene rings is 1. The van der Waals surface area contributed by atoms with Crippen LogP contribution >= 0.6 is 0 Å². The van der Waals surface area contributed by atoms with Gasteiger partial charge in [0.25, 0.3) is 0 Å². The van der Waals surface area contributed by atoms with Crippen LogP contribution in [0.5, 0.6) is 0 Å². The van der Waals surface area contributed by atoms with Crippen LogP contribution in [0.25, 0.3) is 5.32 Å². The van der Waals surface area contributed by atoms with E-state index in [2.05, 4.69) is 20.3 Å². The van der Waals surface area contributed by atoms with E-state index in [1.807, 2.05) is 62.3 Å². The summed E-state index contributed by atoms with van der Waals surface area (Å²) in [4.78, 5) is 50.2. The number of carbonyl (C=O) groups excluding carboxylic acids is 3. The maximum absolute atomic E-state index is 11.4. The molecule has 0 N–H and O–H groups in total. The van der Waals surface area contributed by atoms with Crippen LogP contribution in [0.3, 0.4) is 0 Å². The predicted molar refractivity (Wildman–Crippen MR) is 168 cm³/mol. The Bertz CT molecular complexity index is 1340. The Morgan fingerprint density at radius 3 is 1.53 bits per heavy atom. The van der Waals surface area contributed by atoms with Crippen LogP contribution in [0, 0.1) is 0 Å². The van der Waals surface area contributed by atoms with Gasteiger partial charge in [0, 0.05) is 87.4 Å². The van der Waals surface area contributed by atoms with Gasteiger partial charge in [-0.05, 0) is 51.1 Å². The van der Waals surface area contributed by atoms with E-state index in [1.54, 1.807) is 49.1 Å². The number of Topliss-reactive ketones (excluding diaryl/α,β-unsaturated/α-hetero) is 3. The maximum Gasteiger partial charge on any atom is 2.00 e. The molecule has 0 aliphatic heterocycles. The molecule has 0 saturated heterocycles. The number of carbonyl (C=O) groups is 3. The van der Waals surface area contributed by atoms with Gasteiger partial charge in [0.05, 0.1) is 0 Å². The zero-order chi connectivity index (χ0) is 31.7. The minimum Gasteiger partial charge on any atom is -0.875 e. The predicted octanol–water partition coefficient (Wildman–Crippen LogP) is 4.97. The summed E-state index contributed by atoms with van der Waals surface area (Å²) in [6, 6.07) is 14.6. The van der Waals surface area contributed by atoms with Gasteiger partial charge in [-0.1, -0.05) is 25.1 Å². The molecule has 0 saturated carbocycles. The standard InChI is InChI=1S/C18H20N2O4.2C7H10N2.Fe/c1-11(21)15(12(2)22)9-19-17-7-5-6-8-18(17)20-10-16(13(3)23)14(4)24;2*1-9(2)7-3-5-8-6-4-7;/h5-10H,1-4H3,(H2,19,20,21,22,23,24);2*3-6H,1-2H3;/q;;;+2/p-2. The van der Waals surface area contributed by atoms with E-state index in [-0.39, 0.29) is 51.3 Å². The number of nitrogens with zero attached hydrogens (tertiary/aromatic N) is 6. The Kier molecular flexibility index (Phi) is 18.1. The summed E-state index contributed by atoms with van der Waals surface area (Å²) in [5.74, 6) is -1.51. The molecule has 0 radical (unpaired) electrons. The van der Waals surface area contributed by atoms with Gasteiger partial charge >= 0.3 is 17.1 Å². The zero-order valence-corrected chi connectivity index (χ0v) is 26.9. The van der Waals surface area contributed by atoms with Crippen LogP contribution in [-0.2, 0) is 31.5 Å². The number of aliphatic imine (C=N–C) groups is 1. The second-order valence-electron chi connectivity index (χ2n) is 9.26. The smallest absolute Gasteiger partial charge is 0.875 e. The molecule has 43 heavy (non-hydrogen) atoms. The molecule has 2 aromatic heterocycles. The molecule has 0 spiro atoms. The number of rotatable bonds is 9. The number of ketones is 3. The Balaban J connectivity index is 0.000000753. The number of aromatic nitrogens is 2. The van der Waals surface area contributed by atoms with Gasteiger partial charge in [0.15, 0.2) is 17.3 Å². The molecule has 0 amide bonds. The monoisotopic (exact) mass is 626 g/mol. The molecular formula is C32H38FeN6O4. The average Bonchev–Trinajstić information content (AvgIpc) is 2.95. The van der Waals surface area contributed by atoms with Crippen molar-refractivity contribution in [3.05, 3.63) is 102 Å². The van der Waals surface area contributed by atoms with Crippen molar-refractivity contribution >= 4 is 46.3 Å². The van der Waals surface area contributed by atoms with Crippen molar-refractivity contribution in [3.63, 3.8) is 0 Å². The molecule has 0 unspecified atom stereocenters. The molecule has 10 nitrogen and oxygen atoms in total. The molecule has 0 bridgehead atoms. The molecule has 3 rings (SSSR count). The largest absolute Gasteiger partial charge is 2.00 e. The molecule has 0 fully saturated rings. The molecule has 11 heteroatoms. The van der Waals surface area contributed by atoms with Crippen molar-refractivity contribution in [2.45, 2.75) is 27.7 Å². The van der Waals surface area contributed by atoms with Crippen molar-refractivity contribution < 1.29 is 36.6 Å². The van der Waals surface area contributed by atoms with Gasteiger partial charge in [-0.2, -0.15) is 6.20 Å². The third-order valence-electron chi connectivity index (χ3n) is 5.42. The van der Waals surface area contributed by atoms with Crippen molar-refractivity contribution in [2.24, 2.45) is 4.99 Å². The van der Waals surface area contributed by atoms with E-state index in [0.29, 0.717) is 11.4 Å². The maximum atomic E-state index is 11.4. The first-order chi connectivity index (χ1) is 19.8. The van der Waals surface area contributed by atoms with E-state index < -0.39 is 0 Å². The fourth-order valence-corrected chi connectivity index (χ4v) is 3.09. The van der Waals surface area contributed by atoms with Crippen LogP contribution in [-0.4, -0.2) is 61.7 Å². The van der Waals surface area contributed by atoms with Crippen LogP contribution in [0.4, 0.5) is 22.7 Å². The molecule has 2 heterocycles. The van der Waals surface area contributed by atoms with Crippen molar-refractivity contribution in [2.75, 3.05) is 38.0 Å². The fourth-order valence-electron chi connectivity index (χ4n) is 3.09. The van der Waals surface area contributed by atoms with Gasteiger partial charge in [-0.25, -0.2) is 0 Å². The summed E-state index contributed by atoms with van der Waals surface area (Å²) in [5.41, 5.74) is 3.14. The van der Waals surface area contributed by atoms with Crippen LogP contribution in [0.15, 0.2) is 101 Å². The zero-order valence-electron chi connectivity index (χ0n) is 25.8. The Labute approximate surface area is 264 Å². The summed E-state index contributed by atoms with van der Waals surface area (Å²) < 4.78 is 0. The average molecular weight is 627 g/mol. The molecule has 228 valence electrons. The Morgan fingerprint density at radius 1 is 0.744 bits per heavy atom. The summed E-state index contributed by atoms with van der Waals surface area (Å²) in [7, 11) is 8.04. The molecule has 3 aromatic rings. The second kappa shape index (κ2) is 20.3. The van der Waals surface area contributed by atoms with E-state index in [1.165, 1.54) is 51.5 Å². The summed E-state index contributed by atoms with van der Waals surface area (Å²) in [6.45, 7) is 5.14. The van der Waals surface area contributed by atoms with Crippen molar-refractivity contribution in [3.8, 4) is 0 Å².